The van der Waals surface area contributed by atoms with Gasteiger partial charge in [-0.25, -0.2) is 5.10 Å². The van der Waals surface area contributed by atoms with E-state index in [1.807, 2.05) is 30.3 Å². The van der Waals surface area contributed by atoms with Crippen molar-refractivity contribution in [1.82, 2.24) is 25.2 Å². The molecule has 0 aliphatic carbocycles. The summed E-state index contributed by atoms with van der Waals surface area (Å²) in [4.78, 5) is 12.2. The number of carbonyl (C=O) groups excluding carboxylic acids is 1. The number of aromatic nitrogens is 5. The maximum atomic E-state index is 12.2. The summed E-state index contributed by atoms with van der Waals surface area (Å²) in [5.74, 6) is 0.724. The molecule has 7 heteroatoms. The lowest BCUT2D eigenvalue weighted by atomic mass is 10.1. The van der Waals surface area contributed by atoms with Gasteiger partial charge in [0.05, 0.1) is 5.52 Å². The summed E-state index contributed by atoms with van der Waals surface area (Å²) in [6.07, 6.45) is 5.76. The summed E-state index contributed by atoms with van der Waals surface area (Å²) in [7, 11) is 0. The molecule has 0 aliphatic rings. The highest BCUT2D eigenvalue weighted by atomic mass is 16.1. The summed E-state index contributed by atoms with van der Waals surface area (Å²) >= 11 is 0. The molecule has 2 N–H and O–H groups in total. The van der Waals surface area contributed by atoms with E-state index in [1.165, 1.54) is 0 Å². The lowest BCUT2D eigenvalue weighted by molar-refractivity contribution is -0.116. The van der Waals surface area contributed by atoms with Crippen molar-refractivity contribution in [2.75, 3.05) is 5.32 Å². The Morgan fingerprint density at radius 3 is 2.90 bits per heavy atom. The number of H-pyrrole nitrogens is 1. The number of aromatic amines is 1. The van der Waals surface area contributed by atoms with Crippen LogP contribution in [0, 0.1) is 0 Å². The molecule has 0 fully saturated rings. The van der Waals surface area contributed by atoms with E-state index in [0.29, 0.717) is 18.8 Å². The predicted octanol–water partition coefficient (Wildman–Crippen LogP) is 4.39. The molecule has 0 radical (unpaired) electrons. The van der Waals surface area contributed by atoms with Gasteiger partial charge in [0, 0.05) is 30.4 Å². The first-order valence-corrected chi connectivity index (χ1v) is 9.94. The average molecular weight is 388 g/mol. The Balaban J connectivity index is 1.52. The normalized spacial score (nSPS) is 11.1. The van der Waals surface area contributed by atoms with Gasteiger partial charge in [-0.1, -0.05) is 44.0 Å². The van der Waals surface area contributed by atoms with Crippen molar-refractivity contribution < 1.29 is 4.79 Å². The molecule has 0 spiro atoms. The molecule has 7 nitrogen and oxygen atoms in total. The summed E-state index contributed by atoms with van der Waals surface area (Å²) in [5.41, 5.74) is 4.01. The maximum absolute atomic E-state index is 12.2. The molecule has 4 aromatic rings. The van der Waals surface area contributed by atoms with Gasteiger partial charge in [0.2, 0.25) is 5.91 Å². The quantitative estimate of drug-likeness (QED) is 0.438. The molecular formula is C22H24N6O. The standard InChI is InChI=1S/C22H24N6O/c1-2-3-4-8-21(29)23-19-10-9-17-11-12-28(20(17)14-19)15-16-6-5-7-18(13-16)22-24-26-27-25-22/h5-7,9-14H,2-4,8,15H2,1H3,(H,23,29)(H,24,25,26,27). The van der Waals surface area contributed by atoms with Crippen LogP contribution in [0.25, 0.3) is 22.3 Å². The molecule has 2 aromatic heterocycles. The lowest BCUT2D eigenvalue weighted by Gasteiger charge is -2.09. The number of anilines is 1. The summed E-state index contributed by atoms with van der Waals surface area (Å²) in [5, 5.41) is 18.2. The number of nitrogens with zero attached hydrogens (tertiary/aromatic N) is 4. The van der Waals surface area contributed by atoms with Crippen molar-refractivity contribution >= 4 is 22.5 Å². The lowest BCUT2D eigenvalue weighted by Crippen LogP contribution is -2.11. The molecule has 0 atom stereocenters. The largest absolute Gasteiger partial charge is 0.343 e. The van der Waals surface area contributed by atoms with Gasteiger partial charge in [-0.15, -0.1) is 5.10 Å². The van der Waals surface area contributed by atoms with Crippen LogP contribution in [0.1, 0.15) is 38.2 Å². The van der Waals surface area contributed by atoms with Gasteiger partial charge in [-0.2, -0.15) is 0 Å². The molecular weight excluding hydrogens is 364 g/mol. The van der Waals surface area contributed by atoms with Crippen LogP contribution >= 0.6 is 0 Å². The number of unbranched alkanes of at least 4 members (excludes halogenated alkanes) is 2. The number of rotatable bonds is 8. The van der Waals surface area contributed by atoms with Crippen molar-refractivity contribution in [3.05, 3.63) is 60.3 Å². The van der Waals surface area contributed by atoms with Crippen LogP contribution in [0.3, 0.4) is 0 Å². The number of amides is 1. The molecule has 0 saturated heterocycles. The van der Waals surface area contributed by atoms with E-state index >= 15 is 0 Å². The Kier molecular flexibility index (Phi) is 5.65. The first-order valence-electron chi connectivity index (χ1n) is 9.94. The Bertz CT molecular complexity index is 1100. The number of tetrazole rings is 1. The molecule has 29 heavy (non-hydrogen) atoms. The van der Waals surface area contributed by atoms with Crippen LogP contribution in [-0.4, -0.2) is 31.1 Å². The third-order valence-corrected chi connectivity index (χ3v) is 4.96. The van der Waals surface area contributed by atoms with Crippen LogP contribution in [-0.2, 0) is 11.3 Å². The smallest absolute Gasteiger partial charge is 0.224 e. The number of carbonyl (C=O) groups is 1. The van der Waals surface area contributed by atoms with Gasteiger partial charge >= 0.3 is 0 Å². The fraction of sp³-hybridized carbons (Fsp3) is 0.273. The molecule has 0 saturated carbocycles. The zero-order chi connectivity index (χ0) is 20.1. The third-order valence-electron chi connectivity index (χ3n) is 4.96. The summed E-state index contributed by atoms with van der Waals surface area (Å²) in [6, 6.07) is 16.3. The van der Waals surface area contributed by atoms with E-state index in [0.717, 1.165) is 47.0 Å². The van der Waals surface area contributed by atoms with Crippen LogP contribution in [0.5, 0.6) is 0 Å². The van der Waals surface area contributed by atoms with Gasteiger partial charge in [0.15, 0.2) is 5.82 Å². The Morgan fingerprint density at radius 1 is 1.14 bits per heavy atom. The summed E-state index contributed by atoms with van der Waals surface area (Å²) in [6.45, 7) is 2.85. The van der Waals surface area contributed by atoms with Gasteiger partial charge in [-0.05, 0) is 52.1 Å². The number of benzene rings is 2. The van der Waals surface area contributed by atoms with Crippen molar-refractivity contribution in [1.29, 1.82) is 0 Å². The zero-order valence-corrected chi connectivity index (χ0v) is 16.4. The second-order valence-corrected chi connectivity index (χ2v) is 7.17. The SMILES string of the molecule is CCCCCC(=O)Nc1ccc2ccn(Cc3cccc(-c4nnn[nH]4)c3)c2c1. The molecule has 0 bridgehead atoms. The van der Waals surface area contributed by atoms with E-state index in [2.05, 4.69) is 61.8 Å². The maximum Gasteiger partial charge on any atom is 0.224 e. The number of nitrogens with one attached hydrogen (secondary N) is 2. The van der Waals surface area contributed by atoms with Crippen LogP contribution in [0.15, 0.2) is 54.7 Å². The van der Waals surface area contributed by atoms with E-state index in [-0.39, 0.29) is 5.91 Å². The molecule has 148 valence electrons. The van der Waals surface area contributed by atoms with Crippen molar-refractivity contribution in [2.24, 2.45) is 0 Å². The minimum Gasteiger partial charge on any atom is -0.343 e. The van der Waals surface area contributed by atoms with Crippen LogP contribution in [0.4, 0.5) is 5.69 Å². The third kappa shape index (κ3) is 4.51. The van der Waals surface area contributed by atoms with Crippen molar-refractivity contribution in [3.63, 3.8) is 0 Å². The minimum atomic E-state index is 0.0734. The zero-order valence-electron chi connectivity index (χ0n) is 16.4. The monoisotopic (exact) mass is 388 g/mol. The highest BCUT2D eigenvalue weighted by Crippen LogP contribution is 2.23. The first-order chi connectivity index (χ1) is 14.2. The molecule has 0 aliphatic heterocycles. The van der Waals surface area contributed by atoms with Crippen molar-refractivity contribution in [3.8, 4) is 11.4 Å². The number of fused-ring (bicyclic) bond motifs is 1. The number of hydrogen-bond donors (Lipinski definition) is 2. The minimum absolute atomic E-state index is 0.0734. The Morgan fingerprint density at radius 2 is 2.07 bits per heavy atom. The molecule has 2 heterocycles. The van der Waals surface area contributed by atoms with E-state index in [9.17, 15) is 4.79 Å². The highest BCUT2D eigenvalue weighted by molar-refractivity contribution is 5.93. The fourth-order valence-corrected chi connectivity index (χ4v) is 3.45. The van der Waals surface area contributed by atoms with Gasteiger partial charge in [0.1, 0.15) is 0 Å². The predicted molar refractivity (Wildman–Crippen MR) is 113 cm³/mol. The number of hydrogen-bond acceptors (Lipinski definition) is 4. The van der Waals surface area contributed by atoms with E-state index in [1.54, 1.807) is 0 Å². The molecule has 4 rings (SSSR count). The van der Waals surface area contributed by atoms with E-state index < -0.39 is 0 Å². The average Bonchev–Trinajstić information content (AvgIpc) is 3.39. The first kappa shape index (κ1) is 18.9. The second kappa shape index (κ2) is 8.68. The fourth-order valence-electron chi connectivity index (χ4n) is 3.45. The van der Waals surface area contributed by atoms with Gasteiger partial charge in [0.25, 0.3) is 0 Å². The van der Waals surface area contributed by atoms with Crippen LogP contribution in [0.2, 0.25) is 0 Å². The molecule has 2 aromatic carbocycles. The Labute approximate surface area is 169 Å². The summed E-state index contributed by atoms with van der Waals surface area (Å²) < 4.78 is 2.18. The van der Waals surface area contributed by atoms with Crippen LogP contribution < -0.4 is 5.32 Å². The van der Waals surface area contributed by atoms with E-state index in [4.69, 9.17) is 0 Å². The van der Waals surface area contributed by atoms with Crippen molar-refractivity contribution in [2.45, 2.75) is 39.2 Å². The second-order valence-electron chi connectivity index (χ2n) is 7.17. The molecule has 1 amide bonds. The van der Waals surface area contributed by atoms with Gasteiger partial charge < -0.3 is 9.88 Å². The molecule has 0 unspecified atom stereocenters. The Hall–Kier alpha value is -3.48. The highest BCUT2D eigenvalue weighted by Gasteiger charge is 2.08. The van der Waals surface area contributed by atoms with Gasteiger partial charge in [-0.3, -0.25) is 4.79 Å². The topological polar surface area (TPSA) is 88.5 Å².